The van der Waals surface area contributed by atoms with Crippen LogP contribution in [0.25, 0.3) is 0 Å². The second kappa shape index (κ2) is 6.42. The molecule has 1 saturated heterocycles. The second-order valence-electron chi connectivity index (χ2n) is 5.50. The SMILES string of the molecule is CCc1ccc(N2C(=O)CC(Nc3cccc(Cl)c3)C2=O)cc1. The molecule has 0 radical (unpaired) electrons. The number of imide groups is 1. The zero-order valence-corrected chi connectivity index (χ0v) is 13.5. The Kier molecular flexibility index (Phi) is 4.35. The molecule has 4 nitrogen and oxygen atoms in total. The molecule has 0 saturated carbocycles. The van der Waals surface area contributed by atoms with Gasteiger partial charge in [0.1, 0.15) is 6.04 Å². The van der Waals surface area contributed by atoms with E-state index in [-0.39, 0.29) is 18.2 Å². The maximum absolute atomic E-state index is 12.6. The van der Waals surface area contributed by atoms with Crippen LogP contribution < -0.4 is 10.2 Å². The highest BCUT2D eigenvalue weighted by molar-refractivity contribution is 6.30. The van der Waals surface area contributed by atoms with Crippen LogP contribution in [0, 0.1) is 0 Å². The smallest absolute Gasteiger partial charge is 0.256 e. The van der Waals surface area contributed by atoms with Gasteiger partial charge >= 0.3 is 0 Å². The molecule has 0 aromatic heterocycles. The van der Waals surface area contributed by atoms with Gasteiger partial charge in [-0.05, 0) is 42.3 Å². The number of amides is 2. The van der Waals surface area contributed by atoms with Crippen LogP contribution in [0.4, 0.5) is 11.4 Å². The largest absolute Gasteiger partial charge is 0.373 e. The Hall–Kier alpha value is -2.33. The van der Waals surface area contributed by atoms with Crippen molar-refractivity contribution in [3.8, 4) is 0 Å². The molecule has 2 aromatic rings. The first-order valence-corrected chi connectivity index (χ1v) is 7.94. The Bertz CT molecular complexity index is 743. The van der Waals surface area contributed by atoms with Gasteiger partial charge in [-0.3, -0.25) is 9.59 Å². The summed E-state index contributed by atoms with van der Waals surface area (Å²) in [5, 5.41) is 3.67. The molecule has 1 unspecified atom stereocenters. The van der Waals surface area contributed by atoms with E-state index in [4.69, 9.17) is 11.6 Å². The van der Waals surface area contributed by atoms with Gasteiger partial charge in [0.2, 0.25) is 5.91 Å². The summed E-state index contributed by atoms with van der Waals surface area (Å²) in [6, 6.07) is 14.1. The van der Waals surface area contributed by atoms with Gasteiger partial charge in [-0.25, -0.2) is 4.90 Å². The summed E-state index contributed by atoms with van der Waals surface area (Å²) in [5.74, 6) is -0.432. The van der Waals surface area contributed by atoms with Crippen LogP contribution in [0.2, 0.25) is 5.02 Å². The number of rotatable bonds is 4. The van der Waals surface area contributed by atoms with Crippen LogP contribution >= 0.6 is 11.6 Å². The average Bonchev–Trinajstić information content (AvgIpc) is 2.81. The van der Waals surface area contributed by atoms with Crippen molar-refractivity contribution in [2.24, 2.45) is 0 Å². The van der Waals surface area contributed by atoms with Gasteiger partial charge in [-0.2, -0.15) is 0 Å². The predicted molar refractivity (Wildman–Crippen MR) is 91.8 cm³/mol. The molecule has 1 aliphatic rings. The molecular weight excluding hydrogens is 312 g/mol. The molecule has 0 bridgehead atoms. The number of nitrogens with one attached hydrogen (secondary N) is 1. The average molecular weight is 329 g/mol. The number of hydrogen-bond acceptors (Lipinski definition) is 3. The van der Waals surface area contributed by atoms with Gasteiger partial charge in [0.05, 0.1) is 12.1 Å². The molecule has 1 atom stereocenters. The second-order valence-corrected chi connectivity index (χ2v) is 5.94. The number of anilines is 2. The van der Waals surface area contributed by atoms with Gasteiger partial charge in [0.25, 0.3) is 5.91 Å². The number of hydrogen-bond donors (Lipinski definition) is 1. The topological polar surface area (TPSA) is 49.4 Å². The van der Waals surface area contributed by atoms with Crippen molar-refractivity contribution in [3.05, 3.63) is 59.1 Å². The molecule has 0 aliphatic carbocycles. The molecule has 5 heteroatoms. The maximum atomic E-state index is 12.6. The minimum atomic E-state index is -0.563. The molecule has 23 heavy (non-hydrogen) atoms. The molecule has 1 aliphatic heterocycles. The number of carbonyl (C=O) groups excluding carboxylic acids is 2. The van der Waals surface area contributed by atoms with Gasteiger partial charge in [0.15, 0.2) is 0 Å². The lowest BCUT2D eigenvalue weighted by molar-refractivity contribution is -0.121. The third-order valence-corrected chi connectivity index (χ3v) is 4.15. The monoisotopic (exact) mass is 328 g/mol. The fraction of sp³-hybridized carbons (Fsp3) is 0.222. The van der Waals surface area contributed by atoms with Crippen LogP contribution in [-0.4, -0.2) is 17.9 Å². The Morgan fingerprint density at radius 3 is 2.57 bits per heavy atom. The molecule has 118 valence electrons. The summed E-state index contributed by atoms with van der Waals surface area (Å²) in [6.45, 7) is 2.06. The Morgan fingerprint density at radius 1 is 1.17 bits per heavy atom. The first-order chi connectivity index (χ1) is 11.1. The van der Waals surface area contributed by atoms with Crippen molar-refractivity contribution < 1.29 is 9.59 Å². The van der Waals surface area contributed by atoms with Crippen LogP contribution in [0.3, 0.4) is 0 Å². The molecular formula is C18H17ClN2O2. The number of halogens is 1. The first kappa shape index (κ1) is 15.6. The summed E-state index contributed by atoms with van der Waals surface area (Å²) < 4.78 is 0. The van der Waals surface area contributed by atoms with Crippen molar-refractivity contribution in [2.45, 2.75) is 25.8 Å². The zero-order valence-electron chi connectivity index (χ0n) is 12.8. The van der Waals surface area contributed by atoms with E-state index in [2.05, 4.69) is 12.2 Å². The van der Waals surface area contributed by atoms with Crippen molar-refractivity contribution in [2.75, 3.05) is 10.2 Å². The third kappa shape index (κ3) is 3.22. The number of nitrogens with zero attached hydrogens (tertiary/aromatic N) is 1. The fourth-order valence-corrected chi connectivity index (χ4v) is 2.87. The lowest BCUT2D eigenvalue weighted by Crippen LogP contribution is -2.34. The molecule has 1 heterocycles. The van der Waals surface area contributed by atoms with Crippen molar-refractivity contribution in [1.29, 1.82) is 0 Å². The van der Waals surface area contributed by atoms with Crippen LogP contribution in [0.1, 0.15) is 18.9 Å². The van der Waals surface area contributed by atoms with Crippen molar-refractivity contribution in [1.82, 2.24) is 0 Å². The van der Waals surface area contributed by atoms with E-state index in [0.29, 0.717) is 10.7 Å². The third-order valence-electron chi connectivity index (χ3n) is 3.91. The molecule has 3 rings (SSSR count). The standard InChI is InChI=1S/C18H17ClN2O2/c1-2-12-6-8-15(9-7-12)21-17(22)11-16(18(21)23)20-14-5-3-4-13(19)10-14/h3-10,16,20H,2,11H2,1H3. The first-order valence-electron chi connectivity index (χ1n) is 7.56. The van der Waals surface area contributed by atoms with E-state index in [0.717, 1.165) is 12.1 Å². The summed E-state index contributed by atoms with van der Waals surface area (Å²) in [5.41, 5.74) is 2.51. The van der Waals surface area contributed by atoms with E-state index in [9.17, 15) is 9.59 Å². The van der Waals surface area contributed by atoms with Gasteiger partial charge < -0.3 is 5.32 Å². The van der Waals surface area contributed by atoms with Crippen LogP contribution in [-0.2, 0) is 16.0 Å². The highest BCUT2D eigenvalue weighted by Crippen LogP contribution is 2.26. The van der Waals surface area contributed by atoms with E-state index >= 15 is 0 Å². The van der Waals surface area contributed by atoms with Crippen LogP contribution in [0.15, 0.2) is 48.5 Å². The van der Waals surface area contributed by atoms with E-state index < -0.39 is 6.04 Å². The normalized spacial score (nSPS) is 17.7. The molecule has 2 amide bonds. The Labute approximate surface area is 140 Å². The van der Waals surface area contributed by atoms with Gasteiger partial charge in [0, 0.05) is 10.7 Å². The summed E-state index contributed by atoms with van der Waals surface area (Å²) in [4.78, 5) is 26.1. The summed E-state index contributed by atoms with van der Waals surface area (Å²) >= 11 is 5.95. The maximum Gasteiger partial charge on any atom is 0.256 e. The van der Waals surface area contributed by atoms with E-state index in [1.807, 2.05) is 30.3 Å². The molecule has 2 aromatic carbocycles. The number of carbonyl (C=O) groups is 2. The van der Waals surface area contributed by atoms with Gasteiger partial charge in [-0.15, -0.1) is 0 Å². The fourth-order valence-electron chi connectivity index (χ4n) is 2.68. The van der Waals surface area contributed by atoms with Crippen molar-refractivity contribution in [3.63, 3.8) is 0 Å². The minimum Gasteiger partial charge on any atom is -0.373 e. The van der Waals surface area contributed by atoms with Crippen LogP contribution in [0.5, 0.6) is 0 Å². The molecule has 1 fully saturated rings. The lowest BCUT2D eigenvalue weighted by atomic mass is 10.1. The molecule has 1 N–H and O–H groups in total. The van der Waals surface area contributed by atoms with Crippen molar-refractivity contribution >= 4 is 34.8 Å². The van der Waals surface area contributed by atoms with E-state index in [1.54, 1.807) is 18.2 Å². The Balaban J connectivity index is 1.79. The lowest BCUT2D eigenvalue weighted by Gasteiger charge is -2.16. The molecule has 0 spiro atoms. The highest BCUT2D eigenvalue weighted by Gasteiger charge is 2.39. The highest BCUT2D eigenvalue weighted by atomic mass is 35.5. The van der Waals surface area contributed by atoms with Gasteiger partial charge in [-0.1, -0.05) is 36.7 Å². The summed E-state index contributed by atoms with van der Waals surface area (Å²) in [6.07, 6.45) is 1.06. The van der Waals surface area contributed by atoms with E-state index in [1.165, 1.54) is 10.5 Å². The zero-order chi connectivity index (χ0) is 16.4. The number of aryl methyl sites for hydroxylation is 1. The number of benzene rings is 2. The Morgan fingerprint density at radius 2 is 1.91 bits per heavy atom. The minimum absolute atomic E-state index is 0.140. The summed E-state index contributed by atoms with van der Waals surface area (Å²) in [7, 11) is 0. The predicted octanol–water partition coefficient (Wildman–Crippen LogP) is 3.65. The quantitative estimate of drug-likeness (QED) is 0.872.